The zero-order valence-electron chi connectivity index (χ0n) is 24.8. The van der Waals surface area contributed by atoms with Crippen LogP contribution >= 0.6 is 0 Å². The number of rotatable bonds is 14. The van der Waals surface area contributed by atoms with Crippen LogP contribution in [0, 0.1) is 23.2 Å². The van der Waals surface area contributed by atoms with E-state index in [1.807, 2.05) is 13.1 Å². The molecule has 3 aliphatic carbocycles. The largest absolute Gasteiger partial charge is 0.508 e. The van der Waals surface area contributed by atoms with E-state index < -0.39 is 30.8 Å². The number of benzene rings is 1. The number of phenolic OH excluding ortho intramolecular Hbond substituents is 1. The van der Waals surface area contributed by atoms with Crippen molar-refractivity contribution < 1.29 is 41.3 Å². The van der Waals surface area contributed by atoms with E-state index in [4.69, 9.17) is 4.74 Å². The van der Waals surface area contributed by atoms with Crippen LogP contribution in [0.5, 0.6) is 5.75 Å². The van der Waals surface area contributed by atoms with Gasteiger partial charge in [0.2, 0.25) is 0 Å². The highest BCUT2D eigenvalue weighted by molar-refractivity contribution is 5.41. The first kappa shape index (κ1) is 33.4. The van der Waals surface area contributed by atoms with Gasteiger partial charge in [-0.25, -0.2) is 4.39 Å². The SMILES string of the molecule is CN(CCCCC[C@@H]1Cc2cc(O)ccc2[C@@H]2[C@@H]1[C@@H]1CC[C@H](O)[C@@]1(C)C[C@@H]2F)CCCOCCCC(F)(F)C(F)(F)F. The van der Waals surface area contributed by atoms with Gasteiger partial charge in [-0.3, -0.25) is 0 Å². The molecular weight excluding hydrogens is 560 g/mol. The van der Waals surface area contributed by atoms with E-state index in [-0.39, 0.29) is 36.0 Å². The van der Waals surface area contributed by atoms with Crippen molar-refractivity contribution in [2.45, 2.75) is 108 Å². The predicted molar refractivity (Wildman–Crippen MR) is 150 cm³/mol. The zero-order valence-corrected chi connectivity index (χ0v) is 24.8. The molecule has 4 rings (SSSR count). The molecule has 4 nitrogen and oxygen atoms in total. The molecule has 1 aromatic rings. The highest BCUT2D eigenvalue weighted by Crippen LogP contribution is 2.63. The molecule has 1 aromatic carbocycles. The van der Waals surface area contributed by atoms with Crippen LogP contribution in [-0.2, 0) is 11.2 Å². The Morgan fingerprint density at radius 3 is 2.45 bits per heavy atom. The van der Waals surface area contributed by atoms with Crippen molar-refractivity contribution in [1.82, 2.24) is 4.90 Å². The Morgan fingerprint density at radius 1 is 1.00 bits per heavy atom. The summed E-state index contributed by atoms with van der Waals surface area (Å²) in [6.07, 6.45) is -1.01. The number of ether oxygens (including phenoxy) is 1. The fourth-order valence-corrected chi connectivity index (χ4v) is 8.19. The average Bonchev–Trinajstić information content (AvgIpc) is 3.20. The van der Waals surface area contributed by atoms with Crippen LogP contribution in [0.3, 0.4) is 0 Å². The third-order valence-electron chi connectivity index (χ3n) is 10.4. The summed E-state index contributed by atoms with van der Waals surface area (Å²) in [6.45, 7) is 3.89. The molecule has 0 amide bonds. The number of nitrogens with zero attached hydrogens (tertiary/aromatic N) is 1. The van der Waals surface area contributed by atoms with Gasteiger partial charge >= 0.3 is 12.1 Å². The van der Waals surface area contributed by atoms with Gasteiger partial charge < -0.3 is 19.8 Å². The van der Waals surface area contributed by atoms with Gasteiger partial charge in [0, 0.05) is 32.1 Å². The number of aliphatic hydroxyl groups excluding tert-OH is 1. The van der Waals surface area contributed by atoms with Crippen molar-refractivity contribution in [2.24, 2.45) is 23.2 Å². The molecule has 7 atom stereocenters. The van der Waals surface area contributed by atoms with E-state index in [2.05, 4.69) is 11.8 Å². The Morgan fingerprint density at radius 2 is 1.71 bits per heavy atom. The maximum absolute atomic E-state index is 15.9. The fraction of sp³-hybridized carbons (Fsp3) is 0.812. The van der Waals surface area contributed by atoms with Crippen LogP contribution in [0.15, 0.2) is 18.2 Å². The Balaban J connectivity index is 1.19. The number of unbranched alkanes of at least 4 members (excludes halogenated alkanes) is 2. The molecule has 0 saturated heterocycles. The molecule has 2 N–H and O–H groups in total. The molecule has 0 radical (unpaired) electrons. The summed E-state index contributed by atoms with van der Waals surface area (Å²) in [5.74, 6) is -3.84. The second kappa shape index (κ2) is 13.6. The minimum atomic E-state index is -5.52. The van der Waals surface area contributed by atoms with E-state index in [0.717, 1.165) is 69.2 Å². The number of hydrogen-bond donors (Lipinski definition) is 2. The monoisotopic (exact) mass is 607 g/mol. The number of aliphatic hydroxyl groups is 1. The number of alkyl halides is 6. The van der Waals surface area contributed by atoms with Crippen LogP contribution in [0.1, 0.15) is 88.2 Å². The number of phenols is 1. The molecule has 42 heavy (non-hydrogen) atoms. The first-order chi connectivity index (χ1) is 19.7. The van der Waals surface area contributed by atoms with Crippen LogP contribution in [0.2, 0.25) is 0 Å². The van der Waals surface area contributed by atoms with Crippen LogP contribution < -0.4 is 0 Å². The first-order valence-electron chi connectivity index (χ1n) is 15.6. The average molecular weight is 608 g/mol. The lowest BCUT2D eigenvalue weighted by Gasteiger charge is -2.54. The third kappa shape index (κ3) is 7.40. The number of halogens is 6. The second-order valence-corrected chi connectivity index (χ2v) is 13.3. The predicted octanol–water partition coefficient (Wildman–Crippen LogP) is 7.66. The van der Waals surface area contributed by atoms with Crippen molar-refractivity contribution in [2.75, 3.05) is 33.4 Å². The summed E-state index contributed by atoms with van der Waals surface area (Å²) in [5.41, 5.74) is 1.71. The number of fused-ring (bicyclic) bond motifs is 5. The Bertz CT molecular complexity index is 1020. The number of aromatic hydroxyl groups is 1. The minimum Gasteiger partial charge on any atom is -0.508 e. The van der Waals surface area contributed by atoms with Crippen molar-refractivity contribution in [3.8, 4) is 5.75 Å². The second-order valence-electron chi connectivity index (χ2n) is 13.3. The first-order valence-corrected chi connectivity index (χ1v) is 15.6. The molecular formula is C32H47F6NO3. The van der Waals surface area contributed by atoms with E-state index >= 15 is 4.39 Å². The maximum atomic E-state index is 15.9. The molecule has 2 fully saturated rings. The minimum absolute atomic E-state index is 0.120. The molecule has 0 bridgehead atoms. The lowest BCUT2D eigenvalue weighted by molar-refractivity contribution is -0.285. The quantitative estimate of drug-likeness (QED) is 0.168. The summed E-state index contributed by atoms with van der Waals surface area (Å²) in [7, 11) is 1.99. The maximum Gasteiger partial charge on any atom is 0.453 e. The third-order valence-corrected chi connectivity index (χ3v) is 10.4. The van der Waals surface area contributed by atoms with Crippen molar-refractivity contribution >= 4 is 0 Å². The van der Waals surface area contributed by atoms with Gasteiger partial charge in [0.05, 0.1) is 6.10 Å². The van der Waals surface area contributed by atoms with Gasteiger partial charge in [-0.05, 0) is 111 Å². The topological polar surface area (TPSA) is 52.9 Å². The zero-order chi connectivity index (χ0) is 30.7. The summed E-state index contributed by atoms with van der Waals surface area (Å²) < 4.78 is 83.5. The van der Waals surface area contributed by atoms with Gasteiger partial charge in [0.1, 0.15) is 11.9 Å². The molecule has 2 saturated carbocycles. The Kier molecular flexibility index (Phi) is 10.8. The van der Waals surface area contributed by atoms with Crippen LogP contribution in [0.4, 0.5) is 26.3 Å². The molecule has 0 aromatic heterocycles. The summed E-state index contributed by atoms with van der Waals surface area (Å²) in [6, 6.07) is 5.38. The van der Waals surface area contributed by atoms with Crippen molar-refractivity contribution in [1.29, 1.82) is 0 Å². The highest BCUT2D eigenvalue weighted by atomic mass is 19.4. The van der Waals surface area contributed by atoms with Gasteiger partial charge in [0.25, 0.3) is 0 Å². The summed E-state index contributed by atoms with van der Waals surface area (Å²) in [4.78, 5) is 2.16. The Hall–Kier alpha value is -1.52. The van der Waals surface area contributed by atoms with E-state index in [1.165, 1.54) is 0 Å². The standard InChI is InChI=1S/C32H47F6NO3/c1-30-20-26(33)29-24-10-9-23(40)19-22(24)18-21(28(29)25(30)11-12-27(30)41)8-4-3-5-14-39(2)15-7-17-42-16-6-13-31(34,35)32(36,37)38/h9-10,19,21,25-29,40-41H,3-8,11-18,20H2,1-2H3/t21-,25+,26+,27+,28+,29+,30+/m1/s1. The van der Waals surface area contributed by atoms with Crippen LogP contribution in [-0.4, -0.2) is 72.8 Å². The molecule has 0 spiro atoms. The summed E-state index contributed by atoms with van der Waals surface area (Å²) >= 11 is 0. The molecule has 240 valence electrons. The molecule has 10 heteroatoms. The fourth-order valence-electron chi connectivity index (χ4n) is 8.19. The van der Waals surface area contributed by atoms with E-state index in [9.17, 15) is 32.2 Å². The van der Waals surface area contributed by atoms with E-state index in [0.29, 0.717) is 31.3 Å². The van der Waals surface area contributed by atoms with E-state index in [1.54, 1.807) is 12.1 Å². The molecule has 3 aliphatic rings. The van der Waals surface area contributed by atoms with Gasteiger partial charge in [-0.2, -0.15) is 22.0 Å². The van der Waals surface area contributed by atoms with Gasteiger partial charge in [-0.15, -0.1) is 0 Å². The summed E-state index contributed by atoms with van der Waals surface area (Å²) in [5, 5.41) is 20.9. The highest BCUT2D eigenvalue weighted by Gasteiger charge is 2.60. The van der Waals surface area contributed by atoms with Crippen molar-refractivity contribution in [3.63, 3.8) is 0 Å². The lowest BCUT2D eigenvalue weighted by atomic mass is 9.51. The molecule has 0 heterocycles. The lowest BCUT2D eigenvalue weighted by Crippen LogP contribution is -2.51. The van der Waals surface area contributed by atoms with Crippen LogP contribution in [0.25, 0.3) is 0 Å². The normalized spacial score (nSPS) is 31.2. The molecule has 0 unspecified atom stereocenters. The van der Waals surface area contributed by atoms with Crippen molar-refractivity contribution in [3.05, 3.63) is 29.3 Å². The smallest absolute Gasteiger partial charge is 0.453 e. The number of hydrogen-bond acceptors (Lipinski definition) is 4. The van der Waals surface area contributed by atoms with Gasteiger partial charge in [0.15, 0.2) is 0 Å². The Labute approximate surface area is 245 Å². The van der Waals surface area contributed by atoms with Gasteiger partial charge in [-0.1, -0.05) is 25.8 Å². The molecule has 0 aliphatic heterocycles.